The number of hydrogen-bond donors (Lipinski definition) is 1. The van der Waals surface area contributed by atoms with Gasteiger partial charge in [0.1, 0.15) is 0 Å². The molecular weight excluding hydrogens is 226 g/mol. The summed E-state index contributed by atoms with van der Waals surface area (Å²) in [4.78, 5) is 13.0. The van der Waals surface area contributed by atoms with Crippen molar-refractivity contribution in [3.05, 3.63) is 29.3 Å². The molecule has 0 bridgehead atoms. The summed E-state index contributed by atoms with van der Waals surface area (Å²) in [6.45, 7) is 1.45. The minimum atomic E-state index is -0.710. The Labute approximate surface area is 99.6 Å². The maximum atomic E-state index is 10.9. The highest BCUT2D eigenvalue weighted by molar-refractivity contribution is 6.30. The minimum absolute atomic E-state index is 0.266. The van der Waals surface area contributed by atoms with Crippen molar-refractivity contribution in [3.8, 4) is 0 Å². The zero-order chi connectivity index (χ0) is 11.5. The standard InChI is InChI=1S/C12H13ClNO2/c13-10-3-5-11(6-4-10)14-7-1-2-9(8-14)12(15)16/h3-5,9H,1-2,7-8H2,(H,15,16). The molecule has 0 spiro atoms. The molecule has 4 heteroatoms. The molecule has 1 N–H and O–H groups in total. The van der Waals surface area contributed by atoms with Gasteiger partial charge in [0.15, 0.2) is 0 Å². The zero-order valence-corrected chi connectivity index (χ0v) is 9.57. The average molecular weight is 239 g/mol. The molecule has 2 rings (SSSR count). The first-order valence-corrected chi connectivity index (χ1v) is 5.69. The quantitative estimate of drug-likeness (QED) is 0.861. The van der Waals surface area contributed by atoms with Crippen LogP contribution in [0.25, 0.3) is 0 Å². The summed E-state index contributed by atoms with van der Waals surface area (Å²) in [6, 6.07) is 8.46. The second-order valence-electron chi connectivity index (χ2n) is 4.02. The highest BCUT2D eigenvalue weighted by Crippen LogP contribution is 2.24. The molecule has 1 fully saturated rings. The van der Waals surface area contributed by atoms with Crippen molar-refractivity contribution in [1.82, 2.24) is 0 Å². The Morgan fingerprint density at radius 3 is 3.00 bits per heavy atom. The van der Waals surface area contributed by atoms with Crippen molar-refractivity contribution in [2.24, 2.45) is 5.92 Å². The molecule has 1 saturated heterocycles. The Morgan fingerprint density at radius 1 is 1.56 bits per heavy atom. The fourth-order valence-corrected chi connectivity index (χ4v) is 2.11. The van der Waals surface area contributed by atoms with Gasteiger partial charge in [0, 0.05) is 29.9 Å². The van der Waals surface area contributed by atoms with Crippen LogP contribution in [0.3, 0.4) is 0 Å². The number of halogens is 1. The molecule has 0 amide bonds. The van der Waals surface area contributed by atoms with Gasteiger partial charge >= 0.3 is 5.97 Å². The van der Waals surface area contributed by atoms with Crippen LogP contribution in [-0.4, -0.2) is 24.2 Å². The maximum Gasteiger partial charge on any atom is 0.308 e. The third-order valence-electron chi connectivity index (χ3n) is 2.87. The zero-order valence-electron chi connectivity index (χ0n) is 8.82. The van der Waals surface area contributed by atoms with E-state index in [4.69, 9.17) is 16.7 Å². The second kappa shape index (κ2) is 4.74. The first-order valence-electron chi connectivity index (χ1n) is 5.32. The van der Waals surface area contributed by atoms with Crippen LogP contribution in [0, 0.1) is 12.0 Å². The molecule has 1 heterocycles. The number of carboxylic acids is 1. The number of nitrogens with zero attached hydrogens (tertiary/aromatic N) is 1. The summed E-state index contributed by atoms with van der Waals surface area (Å²) < 4.78 is 0. The van der Waals surface area contributed by atoms with Gasteiger partial charge in [0.05, 0.1) is 5.92 Å². The van der Waals surface area contributed by atoms with Gasteiger partial charge in [-0.3, -0.25) is 4.79 Å². The number of carboxylic acid groups (broad SMARTS) is 1. The Hall–Kier alpha value is -1.22. The fourth-order valence-electron chi connectivity index (χ4n) is 1.99. The van der Waals surface area contributed by atoms with Crippen LogP contribution < -0.4 is 4.90 Å². The van der Waals surface area contributed by atoms with Crippen LogP contribution in [0.1, 0.15) is 12.8 Å². The lowest BCUT2D eigenvalue weighted by Gasteiger charge is -2.32. The van der Waals surface area contributed by atoms with Crippen molar-refractivity contribution in [1.29, 1.82) is 0 Å². The van der Waals surface area contributed by atoms with E-state index in [0.29, 0.717) is 11.6 Å². The second-order valence-corrected chi connectivity index (χ2v) is 4.45. The van der Waals surface area contributed by atoms with Crippen LogP contribution in [0.2, 0.25) is 5.02 Å². The van der Waals surface area contributed by atoms with Gasteiger partial charge in [-0.2, -0.15) is 0 Å². The molecule has 1 aromatic carbocycles. The van der Waals surface area contributed by atoms with Crippen LogP contribution in [0.15, 0.2) is 18.2 Å². The van der Waals surface area contributed by atoms with Gasteiger partial charge in [-0.15, -0.1) is 0 Å². The topological polar surface area (TPSA) is 40.5 Å². The number of rotatable bonds is 2. The first-order chi connectivity index (χ1) is 7.66. The molecule has 0 aliphatic carbocycles. The lowest BCUT2D eigenvalue weighted by molar-refractivity contribution is -0.141. The van der Waals surface area contributed by atoms with E-state index in [1.807, 2.05) is 6.07 Å². The molecule has 0 aromatic heterocycles. The van der Waals surface area contributed by atoms with Gasteiger partial charge in [0.25, 0.3) is 0 Å². The predicted octanol–water partition coefficient (Wildman–Crippen LogP) is 2.44. The largest absolute Gasteiger partial charge is 0.481 e. The van der Waals surface area contributed by atoms with Crippen molar-refractivity contribution in [2.45, 2.75) is 12.8 Å². The molecular formula is C12H13ClNO2. The Morgan fingerprint density at radius 2 is 2.38 bits per heavy atom. The number of hydrogen-bond acceptors (Lipinski definition) is 2. The SMILES string of the molecule is O=C(O)C1CCCN(c2[c]cc(Cl)cc2)C1. The van der Waals surface area contributed by atoms with Crippen molar-refractivity contribution in [2.75, 3.05) is 18.0 Å². The number of benzene rings is 1. The number of anilines is 1. The summed E-state index contributed by atoms with van der Waals surface area (Å²) in [5.74, 6) is -0.975. The highest BCUT2D eigenvalue weighted by Gasteiger charge is 2.25. The number of carbonyl (C=O) groups is 1. The summed E-state index contributed by atoms with van der Waals surface area (Å²) in [5, 5.41) is 9.64. The van der Waals surface area contributed by atoms with Crippen LogP contribution in [-0.2, 0) is 4.79 Å². The molecule has 1 radical (unpaired) electrons. The number of aliphatic carboxylic acids is 1. The number of piperidine rings is 1. The smallest absolute Gasteiger partial charge is 0.308 e. The van der Waals surface area contributed by atoms with E-state index < -0.39 is 5.97 Å². The van der Waals surface area contributed by atoms with Crippen molar-refractivity contribution in [3.63, 3.8) is 0 Å². The van der Waals surface area contributed by atoms with E-state index in [-0.39, 0.29) is 5.92 Å². The van der Waals surface area contributed by atoms with Crippen molar-refractivity contribution >= 4 is 23.3 Å². The first kappa shape index (κ1) is 11.3. The molecule has 0 saturated carbocycles. The molecule has 1 unspecified atom stereocenters. The van der Waals surface area contributed by atoms with E-state index in [9.17, 15) is 4.79 Å². The van der Waals surface area contributed by atoms with Gasteiger partial charge in [-0.1, -0.05) is 11.6 Å². The molecule has 1 aromatic rings. The minimum Gasteiger partial charge on any atom is -0.481 e. The lowest BCUT2D eigenvalue weighted by atomic mass is 9.98. The van der Waals surface area contributed by atoms with E-state index >= 15 is 0 Å². The Balaban J connectivity index is 2.09. The summed E-state index contributed by atoms with van der Waals surface area (Å²) >= 11 is 5.79. The molecule has 1 aliphatic heterocycles. The Kier molecular flexibility index (Phi) is 3.34. The van der Waals surface area contributed by atoms with Gasteiger partial charge in [-0.05, 0) is 31.0 Å². The van der Waals surface area contributed by atoms with Gasteiger partial charge < -0.3 is 10.0 Å². The van der Waals surface area contributed by atoms with E-state index in [2.05, 4.69) is 11.0 Å². The van der Waals surface area contributed by atoms with Gasteiger partial charge in [0.2, 0.25) is 0 Å². The lowest BCUT2D eigenvalue weighted by Crippen LogP contribution is -2.38. The van der Waals surface area contributed by atoms with Crippen LogP contribution in [0.4, 0.5) is 5.69 Å². The third kappa shape index (κ3) is 2.47. The summed E-state index contributed by atoms with van der Waals surface area (Å²) in [7, 11) is 0. The monoisotopic (exact) mass is 238 g/mol. The fraction of sp³-hybridized carbons (Fsp3) is 0.417. The van der Waals surface area contributed by atoms with E-state index in [1.165, 1.54) is 0 Å². The Bertz CT molecular complexity index is 377. The van der Waals surface area contributed by atoms with Crippen molar-refractivity contribution < 1.29 is 9.90 Å². The average Bonchev–Trinajstić information content (AvgIpc) is 2.30. The van der Waals surface area contributed by atoms with E-state index in [0.717, 1.165) is 25.1 Å². The predicted molar refractivity (Wildman–Crippen MR) is 62.9 cm³/mol. The molecule has 1 atom stereocenters. The molecule has 85 valence electrons. The van der Waals surface area contributed by atoms with Crippen LogP contribution in [0.5, 0.6) is 0 Å². The molecule has 3 nitrogen and oxygen atoms in total. The molecule has 1 aliphatic rings. The normalized spacial score (nSPS) is 20.8. The highest BCUT2D eigenvalue weighted by atomic mass is 35.5. The summed E-state index contributed by atoms with van der Waals surface area (Å²) in [5.41, 5.74) is 0.926. The molecule has 16 heavy (non-hydrogen) atoms. The van der Waals surface area contributed by atoms with Gasteiger partial charge in [-0.25, -0.2) is 0 Å². The maximum absolute atomic E-state index is 10.9. The summed E-state index contributed by atoms with van der Waals surface area (Å²) in [6.07, 6.45) is 1.67. The van der Waals surface area contributed by atoms with E-state index in [1.54, 1.807) is 12.1 Å². The van der Waals surface area contributed by atoms with Crippen LogP contribution >= 0.6 is 11.6 Å². The third-order valence-corrected chi connectivity index (χ3v) is 3.10.